The fraction of sp³-hybridized carbons (Fsp3) is 0.562. The first-order valence-electron chi connectivity index (χ1n) is 7.12. The Morgan fingerprint density at radius 1 is 1.33 bits per heavy atom. The third-order valence-electron chi connectivity index (χ3n) is 3.30. The largest absolute Gasteiger partial charge is 0.497 e. The highest BCUT2D eigenvalue weighted by Gasteiger charge is 2.20. The van der Waals surface area contributed by atoms with Gasteiger partial charge in [0.1, 0.15) is 11.5 Å². The molecule has 0 aliphatic heterocycles. The van der Waals surface area contributed by atoms with Gasteiger partial charge in [0, 0.05) is 18.2 Å². The summed E-state index contributed by atoms with van der Waals surface area (Å²) in [5.74, 6) is 1.15. The molecule has 0 saturated heterocycles. The Kier molecular flexibility index (Phi) is 6.49. The second kappa shape index (κ2) is 7.88. The monoisotopic (exact) mass is 295 g/mol. The van der Waals surface area contributed by atoms with Gasteiger partial charge in [-0.3, -0.25) is 4.79 Å². The van der Waals surface area contributed by atoms with Crippen LogP contribution >= 0.6 is 0 Å². The Bertz CT molecular complexity index is 471. The Morgan fingerprint density at radius 3 is 2.62 bits per heavy atom. The van der Waals surface area contributed by atoms with E-state index in [1.165, 1.54) is 0 Å². The molecule has 0 saturated carbocycles. The van der Waals surface area contributed by atoms with Gasteiger partial charge in [-0.2, -0.15) is 0 Å². The van der Waals surface area contributed by atoms with Crippen molar-refractivity contribution in [1.82, 2.24) is 5.32 Å². The Morgan fingerprint density at radius 2 is 2.05 bits per heavy atom. The molecule has 0 heterocycles. The first-order valence-corrected chi connectivity index (χ1v) is 7.12. The molecule has 0 radical (unpaired) electrons. The van der Waals surface area contributed by atoms with Crippen LogP contribution < -0.4 is 14.8 Å². The number of aliphatic hydroxyl groups is 1. The van der Waals surface area contributed by atoms with Crippen LogP contribution in [0.1, 0.15) is 32.3 Å². The highest BCUT2D eigenvalue weighted by atomic mass is 16.5. The lowest BCUT2D eigenvalue weighted by Crippen LogP contribution is -2.41. The number of carbonyl (C=O) groups is 1. The predicted molar refractivity (Wildman–Crippen MR) is 81.8 cm³/mol. The molecular formula is C16H25NO4. The SMILES string of the molecule is CCCC(C)(O)CNC(=O)Cc1ccc(OC)cc1OC. The van der Waals surface area contributed by atoms with Crippen molar-refractivity contribution in [3.05, 3.63) is 23.8 Å². The Balaban J connectivity index is 2.62. The van der Waals surface area contributed by atoms with Crippen LogP contribution in [0.5, 0.6) is 11.5 Å². The minimum absolute atomic E-state index is 0.144. The molecule has 118 valence electrons. The van der Waals surface area contributed by atoms with Gasteiger partial charge in [0.25, 0.3) is 0 Å². The summed E-state index contributed by atoms with van der Waals surface area (Å²) in [7, 11) is 3.14. The number of ether oxygens (including phenoxy) is 2. The zero-order chi connectivity index (χ0) is 15.9. The van der Waals surface area contributed by atoms with Crippen molar-refractivity contribution in [2.75, 3.05) is 20.8 Å². The second-order valence-electron chi connectivity index (χ2n) is 5.38. The first-order chi connectivity index (χ1) is 9.91. The van der Waals surface area contributed by atoms with Crippen LogP contribution in [0.15, 0.2) is 18.2 Å². The summed E-state index contributed by atoms with van der Waals surface area (Å²) in [6.45, 7) is 3.97. The summed E-state index contributed by atoms with van der Waals surface area (Å²) >= 11 is 0. The zero-order valence-electron chi connectivity index (χ0n) is 13.2. The van der Waals surface area contributed by atoms with Crippen molar-refractivity contribution in [2.45, 2.75) is 38.7 Å². The number of hydrogen-bond donors (Lipinski definition) is 2. The van der Waals surface area contributed by atoms with Crippen molar-refractivity contribution in [3.8, 4) is 11.5 Å². The third-order valence-corrected chi connectivity index (χ3v) is 3.30. The fourth-order valence-electron chi connectivity index (χ4n) is 2.15. The lowest BCUT2D eigenvalue weighted by molar-refractivity contribution is -0.121. The van der Waals surface area contributed by atoms with Gasteiger partial charge >= 0.3 is 0 Å². The van der Waals surface area contributed by atoms with Crippen LogP contribution in [-0.2, 0) is 11.2 Å². The number of carbonyl (C=O) groups excluding carboxylic acids is 1. The van der Waals surface area contributed by atoms with Gasteiger partial charge in [0.15, 0.2) is 0 Å². The van der Waals surface area contributed by atoms with E-state index in [-0.39, 0.29) is 18.9 Å². The van der Waals surface area contributed by atoms with E-state index >= 15 is 0 Å². The second-order valence-corrected chi connectivity index (χ2v) is 5.38. The van der Waals surface area contributed by atoms with E-state index < -0.39 is 5.60 Å². The normalized spacial score (nSPS) is 13.4. The number of amides is 1. The van der Waals surface area contributed by atoms with E-state index in [2.05, 4.69) is 5.32 Å². The minimum Gasteiger partial charge on any atom is -0.497 e. The van der Waals surface area contributed by atoms with E-state index in [1.54, 1.807) is 39.3 Å². The van der Waals surface area contributed by atoms with Gasteiger partial charge in [-0.1, -0.05) is 19.4 Å². The maximum Gasteiger partial charge on any atom is 0.224 e. The van der Waals surface area contributed by atoms with Crippen molar-refractivity contribution >= 4 is 5.91 Å². The standard InChI is InChI=1S/C16H25NO4/c1-5-8-16(2,19)11-17-15(18)9-12-6-7-13(20-3)10-14(12)21-4/h6-7,10,19H,5,8-9,11H2,1-4H3,(H,17,18). The van der Waals surface area contributed by atoms with Crippen molar-refractivity contribution in [2.24, 2.45) is 0 Å². The van der Waals surface area contributed by atoms with Gasteiger partial charge in [-0.05, 0) is 19.4 Å². The predicted octanol–water partition coefficient (Wildman–Crippen LogP) is 1.91. The van der Waals surface area contributed by atoms with Crippen molar-refractivity contribution in [3.63, 3.8) is 0 Å². The van der Waals surface area contributed by atoms with Crippen LogP contribution in [0.2, 0.25) is 0 Å². The quantitative estimate of drug-likeness (QED) is 0.769. The highest BCUT2D eigenvalue weighted by Crippen LogP contribution is 2.24. The molecule has 1 rings (SSSR count). The number of rotatable bonds is 8. The lowest BCUT2D eigenvalue weighted by Gasteiger charge is -2.23. The summed E-state index contributed by atoms with van der Waals surface area (Å²) in [4.78, 5) is 12.0. The van der Waals surface area contributed by atoms with Gasteiger partial charge in [-0.25, -0.2) is 0 Å². The molecule has 0 aromatic heterocycles. The molecule has 21 heavy (non-hydrogen) atoms. The Hall–Kier alpha value is -1.75. The molecule has 1 aromatic rings. The van der Waals surface area contributed by atoms with Gasteiger partial charge in [0.05, 0.1) is 26.2 Å². The van der Waals surface area contributed by atoms with Gasteiger partial charge in [0.2, 0.25) is 5.91 Å². The molecule has 0 spiro atoms. The number of nitrogens with one attached hydrogen (secondary N) is 1. The van der Waals surface area contributed by atoms with Crippen LogP contribution in [0, 0.1) is 0 Å². The summed E-state index contributed by atoms with van der Waals surface area (Å²) in [5, 5.41) is 12.8. The van der Waals surface area contributed by atoms with Crippen molar-refractivity contribution in [1.29, 1.82) is 0 Å². The topological polar surface area (TPSA) is 67.8 Å². The van der Waals surface area contributed by atoms with Gasteiger partial charge < -0.3 is 19.9 Å². The van der Waals surface area contributed by atoms with E-state index in [1.807, 2.05) is 6.92 Å². The molecule has 1 unspecified atom stereocenters. The molecule has 2 N–H and O–H groups in total. The fourth-order valence-corrected chi connectivity index (χ4v) is 2.15. The average Bonchev–Trinajstić information content (AvgIpc) is 2.45. The number of hydrogen-bond acceptors (Lipinski definition) is 4. The molecule has 5 nitrogen and oxygen atoms in total. The molecule has 0 aliphatic carbocycles. The first kappa shape index (κ1) is 17.3. The molecule has 1 amide bonds. The van der Waals surface area contributed by atoms with E-state index in [4.69, 9.17) is 9.47 Å². The van der Waals surface area contributed by atoms with Crippen LogP contribution in [-0.4, -0.2) is 37.4 Å². The third kappa shape index (κ3) is 5.63. The van der Waals surface area contributed by atoms with Gasteiger partial charge in [-0.15, -0.1) is 0 Å². The molecule has 0 fully saturated rings. The zero-order valence-corrected chi connectivity index (χ0v) is 13.2. The molecule has 5 heteroatoms. The molecule has 1 atom stereocenters. The summed E-state index contributed by atoms with van der Waals surface area (Å²) in [5.41, 5.74) is -0.0834. The Labute approximate surface area is 126 Å². The van der Waals surface area contributed by atoms with E-state index in [9.17, 15) is 9.90 Å². The molecule has 1 aromatic carbocycles. The summed E-state index contributed by atoms with van der Waals surface area (Å²) < 4.78 is 10.4. The highest BCUT2D eigenvalue weighted by molar-refractivity contribution is 5.79. The van der Waals surface area contributed by atoms with Crippen LogP contribution in [0.25, 0.3) is 0 Å². The van der Waals surface area contributed by atoms with Crippen LogP contribution in [0.3, 0.4) is 0 Å². The maximum atomic E-state index is 12.0. The molecule has 0 aliphatic rings. The smallest absolute Gasteiger partial charge is 0.224 e. The van der Waals surface area contributed by atoms with E-state index in [0.29, 0.717) is 17.9 Å². The van der Waals surface area contributed by atoms with E-state index in [0.717, 1.165) is 12.0 Å². The maximum absolute atomic E-state index is 12.0. The number of methoxy groups -OCH3 is 2. The van der Waals surface area contributed by atoms with Crippen molar-refractivity contribution < 1.29 is 19.4 Å². The summed E-state index contributed by atoms with van der Waals surface area (Å²) in [6, 6.07) is 5.34. The minimum atomic E-state index is -0.867. The number of benzene rings is 1. The summed E-state index contributed by atoms with van der Waals surface area (Å²) in [6.07, 6.45) is 1.73. The lowest BCUT2D eigenvalue weighted by atomic mass is 10.0. The molecule has 0 bridgehead atoms. The molecular weight excluding hydrogens is 270 g/mol. The average molecular weight is 295 g/mol. The van der Waals surface area contributed by atoms with Crippen LogP contribution in [0.4, 0.5) is 0 Å².